The highest BCUT2D eigenvalue weighted by Crippen LogP contribution is 2.32. The molecular formula is C23H31N3O5S. The van der Waals surface area contributed by atoms with Crippen LogP contribution >= 0.6 is 11.3 Å². The van der Waals surface area contributed by atoms with Gasteiger partial charge < -0.3 is 24.8 Å². The SMILES string of the molecule is COc1ccc(C(CNC(=O)CCCNC(=O)c2ccsc2)N2CCOCC2)cc1OC. The van der Waals surface area contributed by atoms with Gasteiger partial charge in [-0.05, 0) is 35.6 Å². The fourth-order valence-electron chi connectivity index (χ4n) is 3.65. The van der Waals surface area contributed by atoms with Gasteiger partial charge in [-0.3, -0.25) is 14.5 Å². The molecule has 0 saturated carbocycles. The maximum absolute atomic E-state index is 12.4. The molecule has 1 aliphatic rings. The number of morpholine rings is 1. The summed E-state index contributed by atoms with van der Waals surface area (Å²) in [5, 5.41) is 9.58. The number of methoxy groups -OCH3 is 2. The molecule has 9 heteroatoms. The van der Waals surface area contributed by atoms with Crippen molar-refractivity contribution in [2.75, 3.05) is 53.6 Å². The molecule has 8 nitrogen and oxygen atoms in total. The Balaban J connectivity index is 1.53. The normalized spacial score (nSPS) is 15.1. The summed E-state index contributed by atoms with van der Waals surface area (Å²) >= 11 is 1.48. The molecule has 3 rings (SSSR count). The average molecular weight is 462 g/mol. The second-order valence-corrected chi connectivity index (χ2v) is 8.23. The topological polar surface area (TPSA) is 89.1 Å². The lowest BCUT2D eigenvalue weighted by Crippen LogP contribution is -2.43. The predicted octanol–water partition coefficient (Wildman–Crippen LogP) is 2.46. The van der Waals surface area contributed by atoms with Crippen molar-refractivity contribution in [3.63, 3.8) is 0 Å². The standard InChI is InChI=1S/C23H31N3O5S/c1-29-20-6-5-17(14-21(20)30-2)19(26-9-11-31-12-10-26)15-25-22(27)4-3-8-24-23(28)18-7-13-32-16-18/h5-7,13-14,16,19H,3-4,8-12,15H2,1-2H3,(H,24,28)(H,25,27). The van der Waals surface area contributed by atoms with Gasteiger partial charge in [-0.15, -0.1) is 0 Å². The summed E-state index contributed by atoms with van der Waals surface area (Å²) in [5.74, 6) is 1.20. The van der Waals surface area contributed by atoms with E-state index in [1.165, 1.54) is 11.3 Å². The molecule has 2 amide bonds. The number of rotatable bonds is 11. The highest BCUT2D eigenvalue weighted by atomic mass is 32.1. The smallest absolute Gasteiger partial charge is 0.252 e. The second kappa shape index (κ2) is 12.4. The van der Waals surface area contributed by atoms with Crippen LogP contribution in [0.25, 0.3) is 0 Å². The van der Waals surface area contributed by atoms with E-state index < -0.39 is 0 Å². The molecule has 32 heavy (non-hydrogen) atoms. The van der Waals surface area contributed by atoms with Gasteiger partial charge in [0.25, 0.3) is 5.91 Å². The number of nitrogens with zero attached hydrogens (tertiary/aromatic N) is 1. The van der Waals surface area contributed by atoms with Crippen molar-refractivity contribution in [1.82, 2.24) is 15.5 Å². The summed E-state index contributed by atoms with van der Waals surface area (Å²) in [5.41, 5.74) is 1.70. The number of amides is 2. The van der Waals surface area contributed by atoms with Gasteiger partial charge in [-0.2, -0.15) is 11.3 Å². The van der Waals surface area contributed by atoms with Crippen molar-refractivity contribution in [3.05, 3.63) is 46.2 Å². The number of nitrogens with one attached hydrogen (secondary N) is 2. The lowest BCUT2D eigenvalue weighted by atomic mass is 10.0. The molecule has 1 aromatic heterocycles. The van der Waals surface area contributed by atoms with Crippen LogP contribution < -0.4 is 20.1 Å². The minimum atomic E-state index is -0.104. The van der Waals surface area contributed by atoms with Crippen molar-refractivity contribution in [1.29, 1.82) is 0 Å². The summed E-state index contributed by atoms with van der Waals surface area (Å²) in [6.07, 6.45) is 0.936. The molecule has 1 aromatic carbocycles. The molecule has 1 unspecified atom stereocenters. The number of carbonyl (C=O) groups excluding carboxylic acids is 2. The zero-order valence-corrected chi connectivity index (χ0v) is 19.4. The molecule has 1 fully saturated rings. The molecule has 2 aromatic rings. The fourth-order valence-corrected chi connectivity index (χ4v) is 4.29. The van der Waals surface area contributed by atoms with Gasteiger partial charge in [0.2, 0.25) is 5.91 Å². The average Bonchev–Trinajstić information content (AvgIpc) is 3.37. The largest absolute Gasteiger partial charge is 0.493 e. The van der Waals surface area contributed by atoms with E-state index in [-0.39, 0.29) is 17.9 Å². The van der Waals surface area contributed by atoms with Gasteiger partial charge in [0.15, 0.2) is 11.5 Å². The van der Waals surface area contributed by atoms with Crippen molar-refractivity contribution in [2.45, 2.75) is 18.9 Å². The van der Waals surface area contributed by atoms with Crippen LogP contribution in [0.3, 0.4) is 0 Å². The van der Waals surface area contributed by atoms with E-state index in [9.17, 15) is 9.59 Å². The Morgan fingerprint density at radius 2 is 1.91 bits per heavy atom. The van der Waals surface area contributed by atoms with Crippen molar-refractivity contribution >= 4 is 23.2 Å². The quantitative estimate of drug-likeness (QED) is 0.500. The third kappa shape index (κ3) is 6.69. The molecule has 1 aliphatic heterocycles. The Morgan fingerprint density at radius 3 is 2.59 bits per heavy atom. The Morgan fingerprint density at radius 1 is 1.12 bits per heavy atom. The van der Waals surface area contributed by atoms with E-state index in [1.807, 2.05) is 29.0 Å². The molecule has 0 aliphatic carbocycles. The summed E-state index contributed by atoms with van der Waals surface area (Å²) in [7, 11) is 3.23. The van der Waals surface area contributed by atoms with E-state index in [1.54, 1.807) is 20.3 Å². The van der Waals surface area contributed by atoms with Crippen molar-refractivity contribution in [3.8, 4) is 11.5 Å². The third-order valence-corrected chi connectivity index (χ3v) is 6.10. The van der Waals surface area contributed by atoms with Crippen LogP contribution in [-0.2, 0) is 9.53 Å². The first-order chi connectivity index (χ1) is 15.6. The number of thiophene rings is 1. The van der Waals surface area contributed by atoms with E-state index in [0.717, 1.165) is 18.7 Å². The van der Waals surface area contributed by atoms with Gasteiger partial charge >= 0.3 is 0 Å². The number of ether oxygens (including phenoxy) is 3. The second-order valence-electron chi connectivity index (χ2n) is 7.45. The zero-order chi connectivity index (χ0) is 22.8. The van der Waals surface area contributed by atoms with Gasteiger partial charge in [-0.1, -0.05) is 6.07 Å². The number of carbonyl (C=O) groups is 2. The maximum Gasteiger partial charge on any atom is 0.252 e. The molecule has 174 valence electrons. The van der Waals surface area contributed by atoms with Crippen LogP contribution in [0.5, 0.6) is 11.5 Å². The van der Waals surface area contributed by atoms with Crippen LogP contribution in [0, 0.1) is 0 Å². The molecule has 2 N–H and O–H groups in total. The highest BCUT2D eigenvalue weighted by Gasteiger charge is 2.24. The number of benzene rings is 1. The molecule has 0 spiro atoms. The van der Waals surface area contributed by atoms with Crippen LogP contribution in [0.15, 0.2) is 35.0 Å². The van der Waals surface area contributed by atoms with E-state index in [0.29, 0.717) is 56.2 Å². The predicted molar refractivity (Wildman–Crippen MR) is 124 cm³/mol. The van der Waals surface area contributed by atoms with Gasteiger partial charge in [0.05, 0.1) is 33.5 Å². The lowest BCUT2D eigenvalue weighted by molar-refractivity contribution is -0.121. The lowest BCUT2D eigenvalue weighted by Gasteiger charge is -2.35. The monoisotopic (exact) mass is 461 g/mol. The molecule has 2 heterocycles. The summed E-state index contributed by atoms with van der Waals surface area (Å²) in [6, 6.07) is 7.64. The Bertz CT molecular complexity index is 869. The van der Waals surface area contributed by atoms with Crippen molar-refractivity contribution in [2.24, 2.45) is 0 Å². The number of hydrogen-bond acceptors (Lipinski definition) is 7. The molecular weight excluding hydrogens is 430 g/mol. The molecule has 1 atom stereocenters. The third-order valence-electron chi connectivity index (χ3n) is 5.42. The Labute approximate surface area is 192 Å². The number of hydrogen-bond donors (Lipinski definition) is 2. The summed E-state index contributed by atoms with van der Waals surface area (Å²) < 4.78 is 16.3. The molecule has 0 radical (unpaired) electrons. The van der Waals surface area contributed by atoms with Crippen LogP contribution in [0.1, 0.15) is 34.8 Å². The maximum atomic E-state index is 12.4. The summed E-state index contributed by atoms with van der Waals surface area (Å²) in [6.45, 7) is 3.87. The first kappa shape index (κ1) is 24.0. The van der Waals surface area contributed by atoms with Gasteiger partial charge in [0, 0.05) is 43.5 Å². The van der Waals surface area contributed by atoms with Crippen molar-refractivity contribution < 1.29 is 23.8 Å². The Kier molecular flexibility index (Phi) is 9.33. The van der Waals surface area contributed by atoms with Crippen LogP contribution in [0.4, 0.5) is 0 Å². The highest BCUT2D eigenvalue weighted by molar-refractivity contribution is 7.08. The molecule has 0 bridgehead atoms. The minimum absolute atomic E-state index is 0.000880. The van der Waals surface area contributed by atoms with Gasteiger partial charge in [-0.25, -0.2) is 0 Å². The van der Waals surface area contributed by atoms with E-state index in [4.69, 9.17) is 14.2 Å². The van der Waals surface area contributed by atoms with Gasteiger partial charge in [0.1, 0.15) is 0 Å². The van der Waals surface area contributed by atoms with E-state index >= 15 is 0 Å². The van der Waals surface area contributed by atoms with E-state index in [2.05, 4.69) is 15.5 Å². The minimum Gasteiger partial charge on any atom is -0.493 e. The first-order valence-electron chi connectivity index (χ1n) is 10.7. The molecule has 1 saturated heterocycles. The zero-order valence-electron chi connectivity index (χ0n) is 18.6. The van der Waals surface area contributed by atoms with Crippen LogP contribution in [-0.4, -0.2) is 70.3 Å². The van der Waals surface area contributed by atoms with Crippen LogP contribution in [0.2, 0.25) is 0 Å². The first-order valence-corrected chi connectivity index (χ1v) is 11.7. The summed E-state index contributed by atoms with van der Waals surface area (Å²) in [4.78, 5) is 26.7. The Hall–Kier alpha value is -2.62. The fraction of sp³-hybridized carbons (Fsp3) is 0.478.